The third-order valence-electron chi connectivity index (χ3n) is 4.16. The molecule has 2 rings (SSSR count). The maximum absolute atomic E-state index is 6.46. The fourth-order valence-corrected chi connectivity index (χ4v) is 3.00. The molecular formula is C16H26N2O2. The van der Waals surface area contributed by atoms with Gasteiger partial charge < -0.3 is 15.2 Å². The Morgan fingerprint density at radius 1 is 1.35 bits per heavy atom. The highest BCUT2D eigenvalue weighted by atomic mass is 16.5. The van der Waals surface area contributed by atoms with Gasteiger partial charge in [0.15, 0.2) is 0 Å². The van der Waals surface area contributed by atoms with Gasteiger partial charge in [-0.25, -0.2) is 0 Å². The summed E-state index contributed by atoms with van der Waals surface area (Å²) in [6, 6.07) is 6.66. The number of nitrogens with zero attached hydrogens (tertiary/aromatic N) is 1. The van der Waals surface area contributed by atoms with Crippen LogP contribution < -0.4 is 10.5 Å². The van der Waals surface area contributed by atoms with Crippen LogP contribution in [0.1, 0.15) is 31.0 Å². The van der Waals surface area contributed by atoms with Crippen LogP contribution in [0.15, 0.2) is 18.2 Å². The first kappa shape index (κ1) is 15.3. The van der Waals surface area contributed by atoms with Crippen molar-refractivity contribution in [3.8, 4) is 5.75 Å². The van der Waals surface area contributed by atoms with Crippen molar-refractivity contribution < 1.29 is 9.47 Å². The van der Waals surface area contributed by atoms with Crippen LogP contribution in [0.2, 0.25) is 0 Å². The van der Waals surface area contributed by atoms with Crippen molar-refractivity contribution in [2.75, 3.05) is 33.4 Å². The first-order valence-electron chi connectivity index (χ1n) is 7.45. The summed E-state index contributed by atoms with van der Waals surface area (Å²) in [4.78, 5) is 2.42. The summed E-state index contributed by atoms with van der Waals surface area (Å²) in [5.74, 6) is 0.886. The van der Waals surface area contributed by atoms with E-state index in [1.54, 1.807) is 7.11 Å². The van der Waals surface area contributed by atoms with Crippen LogP contribution in [-0.4, -0.2) is 44.4 Å². The number of nitrogens with two attached hydrogens (primary N) is 1. The maximum Gasteiger partial charge on any atom is 0.119 e. The molecule has 4 nitrogen and oxygen atoms in total. The Morgan fingerprint density at radius 2 is 2.15 bits per heavy atom. The Hall–Kier alpha value is -1.10. The molecule has 0 amide bonds. The number of likely N-dealkylation sites (N-methyl/N-ethyl adjacent to an activating group) is 1. The van der Waals surface area contributed by atoms with E-state index in [1.807, 2.05) is 13.0 Å². The molecule has 112 valence electrons. The third-order valence-corrected chi connectivity index (χ3v) is 4.16. The number of hydrogen-bond acceptors (Lipinski definition) is 4. The SMILES string of the molecule is CCOCCN(CC)C1Cc2ccc(OC)cc2C1N. The van der Waals surface area contributed by atoms with Gasteiger partial charge in [-0.1, -0.05) is 13.0 Å². The van der Waals surface area contributed by atoms with Crippen molar-refractivity contribution in [3.05, 3.63) is 29.3 Å². The lowest BCUT2D eigenvalue weighted by atomic mass is 10.1. The van der Waals surface area contributed by atoms with Gasteiger partial charge in [-0.15, -0.1) is 0 Å². The molecule has 0 radical (unpaired) electrons. The molecule has 0 aromatic heterocycles. The lowest BCUT2D eigenvalue weighted by molar-refractivity contribution is 0.0925. The smallest absolute Gasteiger partial charge is 0.119 e. The predicted molar refractivity (Wildman–Crippen MR) is 81.2 cm³/mol. The van der Waals surface area contributed by atoms with Crippen LogP contribution in [-0.2, 0) is 11.2 Å². The van der Waals surface area contributed by atoms with Gasteiger partial charge in [-0.05, 0) is 43.1 Å². The van der Waals surface area contributed by atoms with Gasteiger partial charge in [0.05, 0.1) is 13.7 Å². The fraction of sp³-hybridized carbons (Fsp3) is 0.625. The van der Waals surface area contributed by atoms with E-state index in [4.69, 9.17) is 15.2 Å². The average Bonchev–Trinajstić information content (AvgIpc) is 2.80. The van der Waals surface area contributed by atoms with Gasteiger partial charge >= 0.3 is 0 Å². The summed E-state index contributed by atoms with van der Waals surface area (Å²) in [6.07, 6.45) is 1.01. The summed E-state index contributed by atoms with van der Waals surface area (Å²) in [5.41, 5.74) is 9.03. The van der Waals surface area contributed by atoms with Gasteiger partial charge in [-0.2, -0.15) is 0 Å². The van der Waals surface area contributed by atoms with Crippen molar-refractivity contribution in [3.63, 3.8) is 0 Å². The maximum atomic E-state index is 6.46. The Morgan fingerprint density at radius 3 is 2.80 bits per heavy atom. The minimum absolute atomic E-state index is 0.0571. The molecule has 1 aliphatic rings. The van der Waals surface area contributed by atoms with Crippen LogP contribution in [0, 0.1) is 0 Å². The molecule has 0 heterocycles. The Bertz CT molecular complexity index is 436. The van der Waals surface area contributed by atoms with E-state index >= 15 is 0 Å². The molecule has 0 spiro atoms. The minimum atomic E-state index is 0.0571. The molecule has 2 atom stereocenters. The quantitative estimate of drug-likeness (QED) is 0.775. The van der Waals surface area contributed by atoms with Crippen LogP contribution >= 0.6 is 0 Å². The van der Waals surface area contributed by atoms with E-state index in [0.717, 1.165) is 38.5 Å². The Labute approximate surface area is 121 Å². The van der Waals surface area contributed by atoms with E-state index in [-0.39, 0.29) is 6.04 Å². The summed E-state index contributed by atoms with van der Waals surface area (Å²) < 4.78 is 10.8. The molecule has 0 fully saturated rings. The second-order valence-electron chi connectivity index (χ2n) is 5.19. The topological polar surface area (TPSA) is 47.7 Å². The van der Waals surface area contributed by atoms with Gasteiger partial charge in [0.2, 0.25) is 0 Å². The first-order chi connectivity index (χ1) is 9.71. The lowest BCUT2D eigenvalue weighted by Gasteiger charge is -2.30. The van der Waals surface area contributed by atoms with E-state index in [1.165, 1.54) is 11.1 Å². The highest BCUT2D eigenvalue weighted by Crippen LogP contribution is 2.35. The number of rotatable bonds is 7. The molecule has 1 aromatic carbocycles. The molecule has 1 aromatic rings. The number of fused-ring (bicyclic) bond motifs is 1. The van der Waals surface area contributed by atoms with E-state index in [2.05, 4.69) is 24.0 Å². The molecule has 2 unspecified atom stereocenters. The van der Waals surface area contributed by atoms with E-state index < -0.39 is 0 Å². The molecule has 20 heavy (non-hydrogen) atoms. The highest BCUT2D eigenvalue weighted by Gasteiger charge is 2.33. The molecule has 4 heteroatoms. The molecule has 0 saturated carbocycles. The van der Waals surface area contributed by atoms with Gasteiger partial charge in [-0.3, -0.25) is 4.90 Å². The molecule has 2 N–H and O–H groups in total. The summed E-state index contributed by atoms with van der Waals surface area (Å²) in [5, 5.41) is 0. The second-order valence-corrected chi connectivity index (χ2v) is 5.19. The Balaban J connectivity index is 2.08. The predicted octanol–water partition coefficient (Wildman–Crippen LogP) is 1.98. The van der Waals surface area contributed by atoms with Crippen molar-refractivity contribution in [1.82, 2.24) is 4.90 Å². The number of hydrogen-bond donors (Lipinski definition) is 1. The number of methoxy groups -OCH3 is 1. The molecule has 0 aliphatic heterocycles. The van der Waals surface area contributed by atoms with Gasteiger partial charge in [0.1, 0.15) is 5.75 Å². The zero-order valence-corrected chi connectivity index (χ0v) is 12.8. The normalized spacial score (nSPS) is 21.2. The second kappa shape index (κ2) is 7.07. The van der Waals surface area contributed by atoms with Crippen LogP contribution in [0.3, 0.4) is 0 Å². The summed E-state index contributed by atoms with van der Waals surface area (Å²) in [7, 11) is 1.69. The van der Waals surface area contributed by atoms with Crippen LogP contribution in [0.4, 0.5) is 0 Å². The number of ether oxygens (including phenoxy) is 2. The highest BCUT2D eigenvalue weighted by molar-refractivity contribution is 5.42. The van der Waals surface area contributed by atoms with Crippen molar-refractivity contribution >= 4 is 0 Å². The van der Waals surface area contributed by atoms with Gasteiger partial charge in [0, 0.05) is 25.2 Å². The lowest BCUT2D eigenvalue weighted by Crippen LogP contribution is -2.42. The monoisotopic (exact) mass is 278 g/mol. The largest absolute Gasteiger partial charge is 0.497 e. The minimum Gasteiger partial charge on any atom is -0.497 e. The summed E-state index contributed by atoms with van der Waals surface area (Å²) >= 11 is 0. The standard InChI is InChI=1S/C16H26N2O2/c1-4-18(8-9-20-5-2)15-10-12-6-7-13(19-3)11-14(12)16(15)17/h6-7,11,15-16H,4-5,8-10,17H2,1-3H3. The van der Waals surface area contributed by atoms with Crippen LogP contribution in [0.5, 0.6) is 5.75 Å². The van der Waals surface area contributed by atoms with Crippen molar-refractivity contribution in [2.24, 2.45) is 5.73 Å². The van der Waals surface area contributed by atoms with Crippen LogP contribution in [0.25, 0.3) is 0 Å². The Kier molecular flexibility index (Phi) is 5.40. The molecule has 0 bridgehead atoms. The fourth-order valence-electron chi connectivity index (χ4n) is 3.00. The zero-order valence-electron chi connectivity index (χ0n) is 12.8. The van der Waals surface area contributed by atoms with Crippen molar-refractivity contribution in [2.45, 2.75) is 32.4 Å². The molecule has 0 saturated heterocycles. The van der Waals surface area contributed by atoms with Gasteiger partial charge in [0.25, 0.3) is 0 Å². The summed E-state index contributed by atoms with van der Waals surface area (Å²) in [6.45, 7) is 7.69. The average molecular weight is 278 g/mol. The van der Waals surface area contributed by atoms with Crippen molar-refractivity contribution in [1.29, 1.82) is 0 Å². The van der Waals surface area contributed by atoms with E-state index in [9.17, 15) is 0 Å². The third kappa shape index (κ3) is 3.14. The number of benzene rings is 1. The van der Waals surface area contributed by atoms with E-state index in [0.29, 0.717) is 6.04 Å². The molecular weight excluding hydrogens is 252 g/mol. The first-order valence-corrected chi connectivity index (χ1v) is 7.45. The zero-order chi connectivity index (χ0) is 14.5. The molecule has 1 aliphatic carbocycles.